The minimum atomic E-state index is -0.711. The molecule has 0 radical (unpaired) electrons. The van der Waals surface area contributed by atoms with Crippen molar-refractivity contribution < 1.29 is 38.5 Å². The number of ether oxygens (including phenoxy) is 3. The highest BCUT2D eigenvalue weighted by Gasteiger charge is 2.57. The standard InChI is InChI=1S/C40H34BrNO8/c1-48-25-13-16-33(49-2)23(19-25)10-7-22-8-11-24(12-9-22)42-39(46)28-15-14-26-29(36(28)40(42)47)20-30-37(32(44)21-31(41)38(30)45)35(26)27-5-3-4-6-34(27)50-18-17-43/h3-14,16,19,21,28-29,35-36,43H,15,17-18,20H2,1-2H3. The lowest BCUT2D eigenvalue weighted by Gasteiger charge is -2.42. The Morgan fingerprint density at radius 3 is 2.42 bits per heavy atom. The Labute approximate surface area is 297 Å². The number of amides is 2. The van der Waals surface area contributed by atoms with Gasteiger partial charge in [-0.25, -0.2) is 0 Å². The lowest BCUT2D eigenvalue weighted by molar-refractivity contribution is -0.123. The van der Waals surface area contributed by atoms with Crippen molar-refractivity contribution in [3.05, 3.63) is 117 Å². The van der Waals surface area contributed by atoms with Crippen LogP contribution in [0.15, 0.2) is 100 Å². The van der Waals surface area contributed by atoms with E-state index in [1.165, 1.54) is 11.0 Å². The lowest BCUT2D eigenvalue weighted by atomic mass is 9.59. The van der Waals surface area contributed by atoms with Gasteiger partial charge in [0.2, 0.25) is 11.8 Å². The number of hydrogen-bond acceptors (Lipinski definition) is 8. The SMILES string of the molecule is COc1ccc(OC)c(C=Cc2ccc(N3C(=O)C4CC=C5C(c6ccccc6OCCO)C6=C(CC5C4C3=O)C(=O)C(Br)=CC6=O)cc2)c1. The lowest BCUT2D eigenvalue weighted by Crippen LogP contribution is -2.39. The number of fused-ring (bicyclic) bond motifs is 3. The monoisotopic (exact) mass is 735 g/mol. The van der Waals surface area contributed by atoms with Crippen molar-refractivity contribution in [3.63, 3.8) is 0 Å². The fraction of sp³-hybridized carbons (Fsp3) is 0.250. The van der Waals surface area contributed by atoms with E-state index in [0.29, 0.717) is 46.1 Å². The second-order valence-electron chi connectivity index (χ2n) is 12.5. The number of carbonyl (C=O) groups is 4. The quantitative estimate of drug-likeness (QED) is 0.119. The van der Waals surface area contributed by atoms with E-state index in [0.717, 1.165) is 16.7 Å². The number of anilines is 1. The predicted molar refractivity (Wildman–Crippen MR) is 191 cm³/mol. The third-order valence-corrected chi connectivity index (χ3v) is 10.5. The number of benzene rings is 3. The first-order valence-corrected chi connectivity index (χ1v) is 17.1. The Balaban J connectivity index is 1.21. The Morgan fingerprint density at radius 2 is 1.68 bits per heavy atom. The maximum absolute atomic E-state index is 14.4. The first kappa shape index (κ1) is 33.4. The molecule has 1 heterocycles. The summed E-state index contributed by atoms with van der Waals surface area (Å²) in [6.07, 6.45) is 7.58. The van der Waals surface area contributed by atoms with Crippen LogP contribution in [0.2, 0.25) is 0 Å². The Kier molecular flexibility index (Phi) is 9.15. The fourth-order valence-corrected chi connectivity index (χ4v) is 8.16. The van der Waals surface area contributed by atoms with Crippen LogP contribution < -0.4 is 19.1 Å². The zero-order chi connectivity index (χ0) is 35.1. The largest absolute Gasteiger partial charge is 0.497 e. The molecule has 254 valence electrons. The summed E-state index contributed by atoms with van der Waals surface area (Å²) in [5.74, 6) is -1.78. The minimum Gasteiger partial charge on any atom is -0.497 e. The van der Waals surface area contributed by atoms with Gasteiger partial charge in [-0.2, -0.15) is 0 Å². The van der Waals surface area contributed by atoms with Crippen molar-refractivity contribution in [2.45, 2.75) is 18.8 Å². The number of ketones is 2. The average molecular weight is 737 g/mol. The normalized spacial score (nSPS) is 23.0. The molecule has 3 aliphatic carbocycles. The highest BCUT2D eigenvalue weighted by Crippen LogP contribution is 2.56. The van der Waals surface area contributed by atoms with E-state index in [9.17, 15) is 24.3 Å². The summed E-state index contributed by atoms with van der Waals surface area (Å²) in [4.78, 5) is 56.8. The van der Waals surface area contributed by atoms with Gasteiger partial charge in [0.1, 0.15) is 23.9 Å². The van der Waals surface area contributed by atoms with E-state index < -0.39 is 23.7 Å². The van der Waals surface area contributed by atoms with E-state index in [-0.39, 0.29) is 47.5 Å². The van der Waals surface area contributed by atoms with Crippen molar-refractivity contribution in [3.8, 4) is 17.2 Å². The van der Waals surface area contributed by atoms with Crippen LogP contribution in [-0.2, 0) is 19.2 Å². The number of allylic oxidation sites excluding steroid dienone is 6. The first-order chi connectivity index (χ1) is 24.2. The van der Waals surface area contributed by atoms with Gasteiger partial charge in [0.15, 0.2) is 11.6 Å². The van der Waals surface area contributed by atoms with E-state index in [1.807, 2.05) is 60.7 Å². The number of nitrogens with zero attached hydrogens (tertiary/aromatic N) is 1. The summed E-state index contributed by atoms with van der Waals surface area (Å²) in [5, 5.41) is 9.47. The molecule has 10 heteroatoms. The molecule has 4 unspecified atom stereocenters. The number of halogens is 1. The number of carbonyl (C=O) groups excluding carboxylic acids is 4. The second kappa shape index (κ2) is 13.7. The number of aliphatic hydroxyl groups excluding tert-OH is 1. The Hall–Kier alpha value is -5.06. The molecule has 0 saturated carbocycles. The molecule has 1 saturated heterocycles. The van der Waals surface area contributed by atoms with Crippen LogP contribution in [0.25, 0.3) is 12.2 Å². The molecule has 2 amide bonds. The van der Waals surface area contributed by atoms with Crippen molar-refractivity contribution in [2.24, 2.45) is 17.8 Å². The zero-order valence-electron chi connectivity index (χ0n) is 27.4. The molecule has 3 aromatic carbocycles. The van der Waals surface area contributed by atoms with Gasteiger partial charge in [0, 0.05) is 34.3 Å². The predicted octanol–water partition coefficient (Wildman–Crippen LogP) is 6.21. The summed E-state index contributed by atoms with van der Waals surface area (Å²) < 4.78 is 16.9. The Bertz CT molecular complexity index is 2040. The molecule has 0 spiro atoms. The van der Waals surface area contributed by atoms with Gasteiger partial charge in [-0.05, 0) is 76.7 Å². The summed E-state index contributed by atoms with van der Waals surface area (Å²) in [6.45, 7) is -0.150. The maximum Gasteiger partial charge on any atom is 0.238 e. The molecular formula is C40H34BrNO8. The molecule has 50 heavy (non-hydrogen) atoms. The molecule has 9 nitrogen and oxygen atoms in total. The van der Waals surface area contributed by atoms with Gasteiger partial charge in [0.25, 0.3) is 0 Å². The molecular weight excluding hydrogens is 702 g/mol. The summed E-state index contributed by atoms with van der Waals surface area (Å²) >= 11 is 3.27. The molecule has 0 aromatic heterocycles. The van der Waals surface area contributed by atoms with Crippen molar-refractivity contribution in [2.75, 3.05) is 32.3 Å². The van der Waals surface area contributed by atoms with E-state index >= 15 is 0 Å². The van der Waals surface area contributed by atoms with Crippen LogP contribution in [0.4, 0.5) is 5.69 Å². The number of para-hydroxylation sites is 1. The van der Waals surface area contributed by atoms with Crippen LogP contribution in [0, 0.1) is 17.8 Å². The molecule has 4 aliphatic rings. The molecule has 4 atom stereocenters. The Morgan fingerprint density at radius 1 is 0.900 bits per heavy atom. The molecule has 1 aliphatic heterocycles. The van der Waals surface area contributed by atoms with Crippen LogP contribution in [0.1, 0.15) is 35.4 Å². The second-order valence-corrected chi connectivity index (χ2v) is 13.4. The van der Waals surface area contributed by atoms with Gasteiger partial charge >= 0.3 is 0 Å². The van der Waals surface area contributed by atoms with Crippen LogP contribution >= 0.6 is 15.9 Å². The number of methoxy groups -OCH3 is 2. The fourth-order valence-electron chi connectivity index (χ4n) is 7.71. The van der Waals surface area contributed by atoms with Crippen molar-refractivity contribution >= 4 is 57.2 Å². The molecule has 1 fully saturated rings. The van der Waals surface area contributed by atoms with Gasteiger partial charge in [-0.15, -0.1) is 0 Å². The number of rotatable bonds is 9. The number of imide groups is 1. The molecule has 0 bridgehead atoms. The molecule has 7 rings (SSSR count). The topological polar surface area (TPSA) is 119 Å². The zero-order valence-corrected chi connectivity index (χ0v) is 29.0. The number of aliphatic hydroxyl groups is 1. The molecule has 1 N–H and O–H groups in total. The van der Waals surface area contributed by atoms with Gasteiger partial charge < -0.3 is 19.3 Å². The van der Waals surface area contributed by atoms with E-state index in [1.54, 1.807) is 38.5 Å². The van der Waals surface area contributed by atoms with E-state index in [4.69, 9.17) is 14.2 Å². The van der Waals surface area contributed by atoms with Gasteiger partial charge in [0.05, 0.1) is 42.8 Å². The first-order valence-electron chi connectivity index (χ1n) is 16.4. The third kappa shape index (κ3) is 5.72. The number of Topliss-reactive ketones (excluding diaryl/α,β-unsaturated/α-hetero) is 1. The maximum atomic E-state index is 14.4. The number of hydrogen-bond donors (Lipinski definition) is 1. The smallest absolute Gasteiger partial charge is 0.238 e. The summed E-state index contributed by atoms with van der Waals surface area (Å²) in [7, 11) is 3.21. The van der Waals surface area contributed by atoms with E-state index in [2.05, 4.69) is 15.9 Å². The summed E-state index contributed by atoms with van der Waals surface area (Å²) in [6, 6.07) is 20.0. The molecule has 3 aromatic rings. The highest BCUT2D eigenvalue weighted by atomic mass is 79.9. The third-order valence-electron chi connectivity index (χ3n) is 9.95. The van der Waals surface area contributed by atoms with Crippen molar-refractivity contribution in [1.29, 1.82) is 0 Å². The summed E-state index contributed by atoms with van der Waals surface area (Å²) in [5.41, 5.74) is 4.36. The van der Waals surface area contributed by atoms with Gasteiger partial charge in [-0.1, -0.05) is 54.1 Å². The average Bonchev–Trinajstić information content (AvgIpc) is 3.40. The van der Waals surface area contributed by atoms with Crippen molar-refractivity contribution in [1.82, 2.24) is 0 Å². The van der Waals surface area contributed by atoms with Crippen LogP contribution in [-0.4, -0.2) is 55.9 Å². The van der Waals surface area contributed by atoms with Crippen LogP contribution in [0.3, 0.4) is 0 Å². The highest BCUT2D eigenvalue weighted by molar-refractivity contribution is 9.12. The van der Waals surface area contributed by atoms with Crippen LogP contribution in [0.5, 0.6) is 17.2 Å². The minimum absolute atomic E-state index is 0.0485. The van der Waals surface area contributed by atoms with Gasteiger partial charge in [-0.3, -0.25) is 24.1 Å².